The SMILES string of the molecule is CCOc1ccc2c(c1F)OC(=O)C(c1ccc(OC)cc1)C2. The molecule has 120 valence electrons. The van der Waals surface area contributed by atoms with Crippen molar-refractivity contribution in [2.24, 2.45) is 0 Å². The van der Waals surface area contributed by atoms with Crippen LogP contribution in [0.15, 0.2) is 36.4 Å². The molecule has 1 aliphatic rings. The summed E-state index contributed by atoms with van der Waals surface area (Å²) in [5.41, 5.74) is 1.47. The van der Waals surface area contributed by atoms with E-state index >= 15 is 0 Å². The van der Waals surface area contributed by atoms with Crippen molar-refractivity contribution in [2.45, 2.75) is 19.3 Å². The van der Waals surface area contributed by atoms with Gasteiger partial charge in [-0.2, -0.15) is 4.39 Å². The summed E-state index contributed by atoms with van der Waals surface area (Å²) < 4.78 is 29.9. The third kappa shape index (κ3) is 2.86. The molecule has 0 aromatic heterocycles. The molecule has 23 heavy (non-hydrogen) atoms. The second-order valence-corrected chi connectivity index (χ2v) is 5.25. The number of carbonyl (C=O) groups is 1. The zero-order valence-electron chi connectivity index (χ0n) is 13.0. The van der Waals surface area contributed by atoms with Crippen molar-refractivity contribution < 1.29 is 23.4 Å². The number of hydrogen-bond acceptors (Lipinski definition) is 4. The number of rotatable bonds is 4. The van der Waals surface area contributed by atoms with Crippen LogP contribution >= 0.6 is 0 Å². The van der Waals surface area contributed by atoms with Gasteiger partial charge in [0.1, 0.15) is 5.75 Å². The number of carbonyl (C=O) groups excluding carboxylic acids is 1. The van der Waals surface area contributed by atoms with Gasteiger partial charge in [-0.3, -0.25) is 4.79 Å². The van der Waals surface area contributed by atoms with Gasteiger partial charge in [0.2, 0.25) is 5.82 Å². The van der Waals surface area contributed by atoms with Crippen molar-refractivity contribution in [2.75, 3.05) is 13.7 Å². The molecular formula is C18H17FO4. The lowest BCUT2D eigenvalue weighted by molar-refractivity contribution is -0.137. The molecule has 0 saturated heterocycles. The molecule has 1 unspecified atom stereocenters. The van der Waals surface area contributed by atoms with E-state index in [0.717, 1.165) is 5.56 Å². The summed E-state index contributed by atoms with van der Waals surface area (Å²) in [6, 6.07) is 10.5. The van der Waals surface area contributed by atoms with Gasteiger partial charge in [-0.25, -0.2) is 0 Å². The number of hydrogen-bond donors (Lipinski definition) is 0. The predicted octanol–water partition coefficient (Wildman–Crippen LogP) is 3.48. The molecule has 0 radical (unpaired) electrons. The Balaban J connectivity index is 1.91. The lowest BCUT2D eigenvalue weighted by Gasteiger charge is -2.24. The maximum Gasteiger partial charge on any atom is 0.319 e. The molecule has 1 aliphatic heterocycles. The van der Waals surface area contributed by atoms with Gasteiger partial charge in [0, 0.05) is 0 Å². The Hall–Kier alpha value is -2.56. The summed E-state index contributed by atoms with van der Waals surface area (Å²) in [5.74, 6) is -0.745. The maximum atomic E-state index is 14.3. The quantitative estimate of drug-likeness (QED) is 0.640. The Bertz CT molecular complexity index is 725. The first-order chi connectivity index (χ1) is 11.1. The highest BCUT2D eigenvalue weighted by atomic mass is 19.1. The highest BCUT2D eigenvalue weighted by molar-refractivity contribution is 5.83. The predicted molar refractivity (Wildman–Crippen MR) is 82.6 cm³/mol. The zero-order valence-corrected chi connectivity index (χ0v) is 13.0. The highest BCUT2D eigenvalue weighted by Crippen LogP contribution is 2.38. The first-order valence-corrected chi connectivity index (χ1v) is 7.43. The molecule has 0 aliphatic carbocycles. The molecule has 3 rings (SSSR count). The largest absolute Gasteiger partial charge is 0.497 e. The van der Waals surface area contributed by atoms with Gasteiger partial charge in [0.05, 0.1) is 19.6 Å². The lowest BCUT2D eigenvalue weighted by atomic mass is 9.89. The van der Waals surface area contributed by atoms with E-state index in [0.29, 0.717) is 24.3 Å². The van der Waals surface area contributed by atoms with Gasteiger partial charge in [-0.15, -0.1) is 0 Å². The van der Waals surface area contributed by atoms with Crippen molar-refractivity contribution in [1.29, 1.82) is 0 Å². The third-order valence-corrected chi connectivity index (χ3v) is 3.87. The van der Waals surface area contributed by atoms with Crippen LogP contribution in [0.1, 0.15) is 24.0 Å². The summed E-state index contributed by atoms with van der Waals surface area (Å²) in [6.45, 7) is 2.11. The van der Waals surface area contributed by atoms with Crippen molar-refractivity contribution in [3.8, 4) is 17.2 Å². The molecule has 0 fully saturated rings. The minimum atomic E-state index is -0.620. The summed E-state index contributed by atoms with van der Waals surface area (Å²) in [4.78, 5) is 12.3. The number of ether oxygens (including phenoxy) is 3. The van der Waals surface area contributed by atoms with E-state index in [1.54, 1.807) is 38.3 Å². The zero-order chi connectivity index (χ0) is 16.4. The first kappa shape index (κ1) is 15.3. The number of benzene rings is 2. The van der Waals surface area contributed by atoms with E-state index in [1.165, 1.54) is 0 Å². The number of esters is 1. The summed E-state index contributed by atoms with van der Waals surface area (Å²) in [6.07, 6.45) is 0.393. The molecule has 2 aromatic carbocycles. The van der Waals surface area contributed by atoms with Crippen LogP contribution in [-0.2, 0) is 11.2 Å². The first-order valence-electron chi connectivity index (χ1n) is 7.43. The van der Waals surface area contributed by atoms with E-state index < -0.39 is 17.7 Å². The fourth-order valence-electron chi connectivity index (χ4n) is 2.68. The van der Waals surface area contributed by atoms with Crippen molar-refractivity contribution >= 4 is 5.97 Å². The average molecular weight is 316 g/mol. The summed E-state index contributed by atoms with van der Waals surface area (Å²) in [7, 11) is 1.58. The topological polar surface area (TPSA) is 44.8 Å². The molecule has 0 bridgehead atoms. The van der Waals surface area contributed by atoms with Gasteiger partial charge in [0.15, 0.2) is 11.5 Å². The van der Waals surface area contributed by atoms with Gasteiger partial charge < -0.3 is 14.2 Å². The minimum absolute atomic E-state index is 0.0225. The van der Waals surface area contributed by atoms with E-state index in [9.17, 15) is 9.18 Å². The molecule has 0 N–H and O–H groups in total. The Morgan fingerprint density at radius 1 is 1.22 bits per heavy atom. The normalized spacial score (nSPS) is 16.5. The fourth-order valence-corrected chi connectivity index (χ4v) is 2.68. The molecule has 4 nitrogen and oxygen atoms in total. The van der Waals surface area contributed by atoms with Crippen LogP contribution in [0.25, 0.3) is 0 Å². The smallest absolute Gasteiger partial charge is 0.319 e. The maximum absolute atomic E-state index is 14.3. The third-order valence-electron chi connectivity index (χ3n) is 3.87. The molecule has 0 spiro atoms. The van der Waals surface area contributed by atoms with E-state index in [1.807, 2.05) is 12.1 Å². The standard InChI is InChI=1S/C18H17FO4/c1-3-22-15-9-6-12-10-14(18(20)23-17(12)16(15)19)11-4-7-13(21-2)8-5-11/h4-9,14H,3,10H2,1-2H3. The van der Waals surface area contributed by atoms with Crippen LogP contribution < -0.4 is 14.2 Å². The lowest BCUT2D eigenvalue weighted by Crippen LogP contribution is -2.26. The van der Waals surface area contributed by atoms with Crippen LogP contribution in [-0.4, -0.2) is 19.7 Å². The fraction of sp³-hybridized carbons (Fsp3) is 0.278. The van der Waals surface area contributed by atoms with E-state index in [-0.39, 0.29) is 11.5 Å². The van der Waals surface area contributed by atoms with Gasteiger partial charge >= 0.3 is 5.97 Å². The van der Waals surface area contributed by atoms with Gasteiger partial charge in [-0.1, -0.05) is 18.2 Å². The van der Waals surface area contributed by atoms with Gasteiger partial charge in [-0.05, 0) is 42.7 Å². The minimum Gasteiger partial charge on any atom is -0.497 e. The Kier molecular flexibility index (Phi) is 4.19. The highest BCUT2D eigenvalue weighted by Gasteiger charge is 2.32. The summed E-state index contributed by atoms with van der Waals surface area (Å²) in [5, 5.41) is 0. The monoisotopic (exact) mass is 316 g/mol. The molecule has 0 amide bonds. The van der Waals surface area contributed by atoms with Gasteiger partial charge in [0.25, 0.3) is 0 Å². The Morgan fingerprint density at radius 3 is 2.61 bits per heavy atom. The second-order valence-electron chi connectivity index (χ2n) is 5.25. The average Bonchev–Trinajstić information content (AvgIpc) is 2.58. The van der Waals surface area contributed by atoms with Crippen LogP contribution in [0.5, 0.6) is 17.2 Å². The van der Waals surface area contributed by atoms with Crippen molar-refractivity contribution in [1.82, 2.24) is 0 Å². The van der Waals surface area contributed by atoms with Crippen LogP contribution in [0, 0.1) is 5.82 Å². The Labute approximate surface area is 133 Å². The molecule has 1 atom stereocenters. The number of halogens is 1. The Morgan fingerprint density at radius 2 is 1.96 bits per heavy atom. The van der Waals surface area contributed by atoms with Crippen LogP contribution in [0.2, 0.25) is 0 Å². The van der Waals surface area contributed by atoms with Crippen LogP contribution in [0.3, 0.4) is 0 Å². The van der Waals surface area contributed by atoms with E-state index in [2.05, 4.69) is 0 Å². The van der Waals surface area contributed by atoms with Crippen LogP contribution in [0.4, 0.5) is 4.39 Å². The molecular weight excluding hydrogens is 299 g/mol. The summed E-state index contributed by atoms with van der Waals surface area (Å²) >= 11 is 0. The molecule has 0 saturated carbocycles. The number of methoxy groups -OCH3 is 1. The second kappa shape index (κ2) is 6.28. The molecule has 5 heteroatoms. The van der Waals surface area contributed by atoms with E-state index in [4.69, 9.17) is 14.2 Å². The van der Waals surface area contributed by atoms with Crippen molar-refractivity contribution in [3.05, 3.63) is 53.3 Å². The number of fused-ring (bicyclic) bond motifs is 1. The molecule has 2 aromatic rings. The van der Waals surface area contributed by atoms with Crippen molar-refractivity contribution in [3.63, 3.8) is 0 Å². The molecule has 1 heterocycles.